The van der Waals surface area contributed by atoms with Crippen molar-refractivity contribution >= 4 is 41.2 Å². The lowest BCUT2D eigenvalue weighted by Gasteiger charge is -2.18. The Morgan fingerprint density at radius 3 is 1.88 bits per heavy atom. The first-order chi connectivity index (χ1) is 16.0. The Morgan fingerprint density at radius 1 is 0.853 bits per heavy atom. The summed E-state index contributed by atoms with van der Waals surface area (Å²) in [5.41, 5.74) is 0. The van der Waals surface area contributed by atoms with Gasteiger partial charge >= 0.3 is 0 Å². The second kappa shape index (κ2) is 14.8. The third-order valence-electron chi connectivity index (χ3n) is 5.21. The number of nitrogens with one attached hydrogen (secondary N) is 4. The van der Waals surface area contributed by atoms with E-state index in [1.807, 2.05) is 0 Å². The quantitative estimate of drug-likeness (QED) is 0.212. The molecule has 6 amide bonds. The zero-order valence-corrected chi connectivity index (χ0v) is 20.0. The molecule has 4 N–H and O–H groups in total. The lowest BCUT2D eigenvalue weighted by molar-refractivity contribution is -0.141. The fraction of sp³-hybridized carbons (Fsp3) is 0.682. The third-order valence-corrected chi connectivity index (χ3v) is 5.21. The average molecular weight is 482 g/mol. The highest BCUT2D eigenvalue weighted by molar-refractivity contribution is 6.03. The van der Waals surface area contributed by atoms with E-state index < -0.39 is 23.6 Å². The Bertz CT molecular complexity index is 797. The maximum Gasteiger partial charge on any atom is 0.239 e. The summed E-state index contributed by atoms with van der Waals surface area (Å²) in [4.78, 5) is 83.5. The van der Waals surface area contributed by atoms with Crippen LogP contribution in [0.1, 0.15) is 59.3 Å². The highest BCUT2D eigenvalue weighted by Gasteiger charge is 2.39. The summed E-state index contributed by atoms with van der Waals surface area (Å²) >= 11 is 0. The van der Waals surface area contributed by atoms with Crippen LogP contribution in [0.5, 0.6) is 0 Å². The SMILES string of the molecule is CCC(=O)CCNC(=O)CNC(=O)CNC(=O)CNC(=O)CCCC1CC(=O)N(C(C)C)C1=O. The van der Waals surface area contributed by atoms with Gasteiger partial charge in [0, 0.05) is 44.2 Å². The molecule has 0 bridgehead atoms. The first kappa shape index (κ1) is 28.7. The van der Waals surface area contributed by atoms with Crippen LogP contribution in [0, 0.1) is 5.92 Å². The lowest BCUT2D eigenvalue weighted by atomic mass is 10.0. The van der Waals surface area contributed by atoms with E-state index in [9.17, 15) is 33.6 Å². The van der Waals surface area contributed by atoms with Gasteiger partial charge in [0.25, 0.3) is 0 Å². The minimum absolute atomic E-state index is 0.0255. The van der Waals surface area contributed by atoms with E-state index in [0.717, 1.165) is 0 Å². The summed E-state index contributed by atoms with van der Waals surface area (Å²) < 4.78 is 0. The molecule has 12 heteroatoms. The number of likely N-dealkylation sites (tertiary alicyclic amines) is 1. The molecule has 190 valence electrons. The fourth-order valence-corrected chi connectivity index (χ4v) is 3.32. The van der Waals surface area contributed by atoms with Crippen molar-refractivity contribution in [3.63, 3.8) is 0 Å². The molecule has 1 rings (SSSR count). The molecule has 0 aromatic rings. The Kier molecular flexibility index (Phi) is 12.5. The molecular formula is C22H35N5O7. The molecule has 1 aliphatic rings. The molecule has 1 fully saturated rings. The minimum atomic E-state index is -0.578. The number of hydrogen-bond donors (Lipinski definition) is 4. The molecule has 1 saturated heterocycles. The van der Waals surface area contributed by atoms with Gasteiger partial charge in [-0.3, -0.25) is 38.5 Å². The predicted molar refractivity (Wildman–Crippen MR) is 121 cm³/mol. The monoisotopic (exact) mass is 481 g/mol. The number of ketones is 1. The highest BCUT2D eigenvalue weighted by Crippen LogP contribution is 2.26. The van der Waals surface area contributed by atoms with Gasteiger partial charge in [0.2, 0.25) is 35.4 Å². The van der Waals surface area contributed by atoms with Crippen molar-refractivity contribution < 1.29 is 33.6 Å². The normalized spacial score (nSPS) is 15.3. The smallest absolute Gasteiger partial charge is 0.239 e. The summed E-state index contributed by atoms with van der Waals surface area (Å²) in [7, 11) is 0. The summed E-state index contributed by atoms with van der Waals surface area (Å²) in [6.45, 7) is 4.52. The predicted octanol–water partition coefficient (Wildman–Crippen LogP) is -1.23. The van der Waals surface area contributed by atoms with Crippen molar-refractivity contribution in [2.45, 2.75) is 65.3 Å². The molecule has 1 heterocycles. The van der Waals surface area contributed by atoms with Crippen LogP contribution < -0.4 is 21.3 Å². The number of rotatable bonds is 15. The topological polar surface area (TPSA) is 171 Å². The molecule has 0 aromatic carbocycles. The van der Waals surface area contributed by atoms with E-state index in [4.69, 9.17) is 0 Å². The van der Waals surface area contributed by atoms with Crippen molar-refractivity contribution in [2.75, 3.05) is 26.2 Å². The van der Waals surface area contributed by atoms with Gasteiger partial charge in [0.05, 0.1) is 19.6 Å². The van der Waals surface area contributed by atoms with E-state index in [0.29, 0.717) is 19.3 Å². The summed E-state index contributed by atoms with van der Waals surface area (Å²) in [6, 6.07) is -0.187. The van der Waals surface area contributed by atoms with Crippen molar-refractivity contribution in [2.24, 2.45) is 5.92 Å². The summed E-state index contributed by atoms with van der Waals surface area (Å²) in [5.74, 6) is -2.77. The van der Waals surface area contributed by atoms with Gasteiger partial charge in [-0.15, -0.1) is 0 Å². The summed E-state index contributed by atoms with van der Waals surface area (Å²) in [5, 5.41) is 9.59. The molecule has 1 atom stereocenters. The summed E-state index contributed by atoms with van der Waals surface area (Å²) in [6.07, 6.45) is 1.70. The lowest BCUT2D eigenvalue weighted by Crippen LogP contribution is -2.44. The maximum atomic E-state index is 12.2. The third kappa shape index (κ3) is 10.5. The van der Waals surface area contributed by atoms with Crippen molar-refractivity contribution in [3.8, 4) is 0 Å². The number of hydrogen-bond acceptors (Lipinski definition) is 7. The van der Waals surface area contributed by atoms with E-state index in [2.05, 4.69) is 21.3 Å². The first-order valence-electron chi connectivity index (χ1n) is 11.5. The van der Waals surface area contributed by atoms with Crippen LogP contribution in [0.15, 0.2) is 0 Å². The number of carbonyl (C=O) groups is 7. The van der Waals surface area contributed by atoms with Crippen LogP contribution >= 0.6 is 0 Å². The van der Waals surface area contributed by atoms with E-state index >= 15 is 0 Å². The second-order valence-corrected chi connectivity index (χ2v) is 8.31. The van der Waals surface area contributed by atoms with Gasteiger partial charge in [0.1, 0.15) is 5.78 Å². The fourth-order valence-electron chi connectivity index (χ4n) is 3.32. The van der Waals surface area contributed by atoms with Crippen LogP contribution in [0.3, 0.4) is 0 Å². The van der Waals surface area contributed by atoms with E-state index in [1.165, 1.54) is 4.90 Å². The van der Waals surface area contributed by atoms with Gasteiger partial charge in [-0.2, -0.15) is 0 Å². The second-order valence-electron chi connectivity index (χ2n) is 8.31. The number of amides is 6. The van der Waals surface area contributed by atoms with Gasteiger partial charge in [-0.1, -0.05) is 6.92 Å². The number of imide groups is 1. The van der Waals surface area contributed by atoms with Gasteiger partial charge < -0.3 is 21.3 Å². The zero-order valence-electron chi connectivity index (χ0n) is 20.0. The van der Waals surface area contributed by atoms with Crippen LogP contribution in [-0.2, 0) is 33.6 Å². The number of Topliss-reactive ketones (excluding diaryl/α,β-unsaturated/α-hetero) is 1. The highest BCUT2D eigenvalue weighted by atomic mass is 16.2. The largest absolute Gasteiger partial charge is 0.354 e. The maximum absolute atomic E-state index is 12.2. The first-order valence-corrected chi connectivity index (χ1v) is 11.5. The van der Waals surface area contributed by atoms with Crippen molar-refractivity contribution in [1.82, 2.24) is 26.2 Å². The van der Waals surface area contributed by atoms with Crippen LogP contribution in [0.25, 0.3) is 0 Å². The number of nitrogens with zero attached hydrogens (tertiary/aromatic N) is 1. The minimum Gasteiger partial charge on any atom is -0.354 e. The molecule has 0 aromatic heterocycles. The van der Waals surface area contributed by atoms with Gasteiger partial charge in [-0.05, 0) is 26.7 Å². The van der Waals surface area contributed by atoms with Crippen molar-refractivity contribution in [3.05, 3.63) is 0 Å². The Morgan fingerprint density at radius 2 is 1.38 bits per heavy atom. The van der Waals surface area contributed by atoms with Crippen LogP contribution in [-0.4, -0.2) is 78.3 Å². The Labute approximate surface area is 198 Å². The molecule has 0 radical (unpaired) electrons. The molecular weight excluding hydrogens is 446 g/mol. The zero-order chi connectivity index (χ0) is 25.7. The number of carbonyl (C=O) groups excluding carboxylic acids is 7. The van der Waals surface area contributed by atoms with Gasteiger partial charge in [0.15, 0.2) is 0 Å². The average Bonchev–Trinajstić information content (AvgIpc) is 3.07. The molecule has 1 unspecified atom stereocenters. The molecule has 1 aliphatic heterocycles. The molecule has 0 saturated carbocycles. The molecule has 0 aliphatic carbocycles. The Hall–Kier alpha value is -3.31. The standard InChI is InChI=1S/C22H35N5O7/c1-4-16(28)8-9-23-18(30)11-25-20(32)13-26-19(31)12-24-17(29)7-5-6-15-10-21(33)27(14(2)3)22(15)34/h14-15H,4-13H2,1-3H3,(H,23,30)(H,24,29)(H,25,32)(H,26,31). The van der Waals surface area contributed by atoms with Crippen molar-refractivity contribution in [1.29, 1.82) is 0 Å². The van der Waals surface area contributed by atoms with Crippen LogP contribution in [0.4, 0.5) is 0 Å². The van der Waals surface area contributed by atoms with Gasteiger partial charge in [-0.25, -0.2) is 0 Å². The molecule has 34 heavy (non-hydrogen) atoms. The molecule has 12 nitrogen and oxygen atoms in total. The van der Waals surface area contributed by atoms with E-state index in [1.54, 1.807) is 20.8 Å². The molecule has 0 spiro atoms. The Balaban J connectivity index is 2.14. The van der Waals surface area contributed by atoms with Crippen LogP contribution in [0.2, 0.25) is 0 Å². The van der Waals surface area contributed by atoms with E-state index in [-0.39, 0.29) is 75.0 Å².